The fraction of sp³-hybridized carbons (Fsp3) is 1.00. The van der Waals surface area contributed by atoms with Crippen molar-refractivity contribution in [2.75, 3.05) is 39.4 Å². The van der Waals surface area contributed by atoms with Crippen LogP contribution < -0.4 is 5.32 Å². The Labute approximate surface area is 99.5 Å². The number of nitrogens with zero attached hydrogens (tertiary/aromatic N) is 1. The lowest BCUT2D eigenvalue weighted by atomic mass is 10.2. The van der Waals surface area contributed by atoms with E-state index in [0.717, 1.165) is 32.3 Å². The zero-order valence-corrected chi connectivity index (χ0v) is 10.4. The van der Waals surface area contributed by atoms with Gasteiger partial charge in [-0.05, 0) is 38.8 Å². The van der Waals surface area contributed by atoms with Gasteiger partial charge in [-0.15, -0.1) is 0 Å². The molecule has 1 aliphatic heterocycles. The summed E-state index contributed by atoms with van der Waals surface area (Å²) in [6.45, 7) is 6.61. The summed E-state index contributed by atoms with van der Waals surface area (Å²) in [6.07, 6.45) is 8.34. The first-order chi connectivity index (χ1) is 7.95. The maximum atomic E-state index is 5.34. The summed E-state index contributed by atoms with van der Waals surface area (Å²) in [5.41, 5.74) is 0. The van der Waals surface area contributed by atoms with Crippen LogP contribution in [0.1, 0.15) is 38.5 Å². The van der Waals surface area contributed by atoms with Gasteiger partial charge in [0.15, 0.2) is 0 Å². The van der Waals surface area contributed by atoms with Gasteiger partial charge in [-0.25, -0.2) is 0 Å². The second-order valence-corrected chi connectivity index (χ2v) is 5.10. The molecule has 2 rings (SSSR count). The van der Waals surface area contributed by atoms with Crippen molar-refractivity contribution in [2.45, 2.75) is 44.6 Å². The average molecular weight is 226 g/mol. The van der Waals surface area contributed by atoms with Crippen LogP contribution >= 0.6 is 0 Å². The van der Waals surface area contributed by atoms with Crippen LogP contribution in [0.4, 0.5) is 0 Å². The highest BCUT2D eigenvalue weighted by Crippen LogP contribution is 2.17. The van der Waals surface area contributed by atoms with Crippen molar-refractivity contribution in [3.8, 4) is 0 Å². The number of ether oxygens (including phenoxy) is 1. The second-order valence-electron chi connectivity index (χ2n) is 5.10. The third-order valence-electron chi connectivity index (χ3n) is 3.79. The first kappa shape index (κ1) is 12.3. The highest BCUT2D eigenvalue weighted by atomic mass is 16.5. The number of morpholine rings is 1. The average Bonchev–Trinajstić information content (AvgIpc) is 2.83. The summed E-state index contributed by atoms with van der Waals surface area (Å²) in [5, 5.41) is 3.68. The van der Waals surface area contributed by atoms with E-state index in [4.69, 9.17) is 4.74 Å². The van der Waals surface area contributed by atoms with Crippen LogP contribution in [0, 0.1) is 0 Å². The third-order valence-corrected chi connectivity index (χ3v) is 3.79. The van der Waals surface area contributed by atoms with Crippen LogP contribution in [0.5, 0.6) is 0 Å². The van der Waals surface area contributed by atoms with Gasteiger partial charge in [0.05, 0.1) is 13.2 Å². The number of rotatable bonds is 6. The minimum atomic E-state index is 0.836. The molecular formula is C13H26N2O. The van der Waals surface area contributed by atoms with E-state index in [1.807, 2.05) is 0 Å². The SMILES string of the molecule is C(CCN1CCOCC1)CNC1CCCC1. The Morgan fingerprint density at radius 2 is 1.81 bits per heavy atom. The molecular weight excluding hydrogens is 200 g/mol. The lowest BCUT2D eigenvalue weighted by Gasteiger charge is -2.26. The molecule has 3 heteroatoms. The molecule has 0 bridgehead atoms. The van der Waals surface area contributed by atoms with E-state index in [1.165, 1.54) is 51.6 Å². The fourth-order valence-electron chi connectivity index (χ4n) is 2.72. The predicted octanol–water partition coefficient (Wildman–Crippen LogP) is 1.63. The van der Waals surface area contributed by atoms with Crippen molar-refractivity contribution in [1.82, 2.24) is 10.2 Å². The van der Waals surface area contributed by atoms with Gasteiger partial charge < -0.3 is 10.1 Å². The van der Waals surface area contributed by atoms with Gasteiger partial charge in [-0.3, -0.25) is 4.90 Å². The topological polar surface area (TPSA) is 24.5 Å². The van der Waals surface area contributed by atoms with E-state index in [1.54, 1.807) is 0 Å². The van der Waals surface area contributed by atoms with Gasteiger partial charge in [-0.2, -0.15) is 0 Å². The number of hydrogen-bond acceptors (Lipinski definition) is 3. The smallest absolute Gasteiger partial charge is 0.0594 e. The highest BCUT2D eigenvalue weighted by Gasteiger charge is 2.13. The summed E-state index contributed by atoms with van der Waals surface area (Å²) in [5.74, 6) is 0. The van der Waals surface area contributed by atoms with Gasteiger partial charge >= 0.3 is 0 Å². The Morgan fingerprint density at radius 1 is 1.06 bits per heavy atom. The van der Waals surface area contributed by atoms with Crippen molar-refractivity contribution in [2.24, 2.45) is 0 Å². The molecule has 0 unspecified atom stereocenters. The quantitative estimate of drug-likeness (QED) is 0.697. The molecule has 1 heterocycles. The Hall–Kier alpha value is -0.120. The van der Waals surface area contributed by atoms with Crippen LogP contribution in [-0.2, 0) is 4.74 Å². The Balaban J connectivity index is 1.42. The second kappa shape index (κ2) is 7.25. The maximum Gasteiger partial charge on any atom is 0.0594 e. The molecule has 0 atom stereocenters. The molecule has 1 saturated heterocycles. The van der Waals surface area contributed by atoms with E-state index in [2.05, 4.69) is 10.2 Å². The van der Waals surface area contributed by atoms with E-state index in [9.17, 15) is 0 Å². The normalized spacial score (nSPS) is 24.0. The summed E-state index contributed by atoms with van der Waals surface area (Å²) < 4.78 is 5.34. The van der Waals surface area contributed by atoms with Crippen LogP contribution in [0.15, 0.2) is 0 Å². The molecule has 94 valence electrons. The van der Waals surface area contributed by atoms with Crippen LogP contribution in [-0.4, -0.2) is 50.3 Å². The zero-order valence-electron chi connectivity index (χ0n) is 10.4. The lowest BCUT2D eigenvalue weighted by molar-refractivity contribution is 0.0372. The molecule has 0 spiro atoms. The number of unbranched alkanes of at least 4 members (excludes halogenated alkanes) is 1. The van der Waals surface area contributed by atoms with E-state index >= 15 is 0 Å². The third kappa shape index (κ3) is 4.40. The van der Waals surface area contributed by atoms with Crippen molar-refractivity contribution in [3.05, 3.63) is 0 Å². The summed E-state index contributed by atoms with van der Waals surface area (Å²) >= 11 is 0. The first-order valence-corrected chi connectivity index (χ1v) is 6.98. The first-order valence-electron chi connectivity index (χ1n) is 6.98. The summed E-state index contributed by atoms with van der Waals surface area (Å²) in [4.78, 5) is 2.53. The fourth-order valence-corrected chi connectivity index (χ4v) is 2.72. The molecule has 0 amide bonds. The predicted molar refractivity (Wildman–Crippen MR) is 66.8 cm³/mol. The largest absolute Gasteiger partial charge is 0.379 e. The number of hydrogen-bond donors (Lipinski definition) is 1. The Morgan fingerprint density at radius 3 is 2.56 bits per heavy atom. The van der Waals surface area contributed by atoms with E-state index in [0.29, 0.717) is 0 Å². The zero-order chi connectivity index (χ0) is 11.1. The molecule has 2 fully saturated rings. The van der Waals surface area contributed by atoms with Crippen LogP contribution in [0.3, 0.4) is 0 Å². The standard InChI is InChI=1S/C13H26N2O/c1-2-6-13(5-1)14-7-3-4-8-15-9-11-16-12-10-15/h13-14H,1-12H2. The Kier molecular flexibility index (Phi) is 5.59. The van der Waals surface area contributed by atoms with Gasteiger partial charge in [0.25, 0.3) is 0 Å². The highest BCUT2D eigenvalue weighted by molar-refractivity contribution is 4.73. The van der Waals surface area contributed by atoms with E-state index in [-0.39, 0.29) is 0 Å². The van der Waals surface area contributed by atoms with Gasteiger partial charge in [0.1, 0.15) is 0 Å². The molecule has 1 aliphatic carbocycles. The van der Waals surface area contributed by atoms with Crippen molar-refractivity contribution >= 4 is 0 Å². The van der Waals surface area contributed by atoms with Crippen molar-refractivity contribution in [1.29, 1.82) is 0 Å². The molecule has 2 aliphatic rings. The maximum absolute atomic E-state index is 5.34. The minimum absolute atomic E-state index is 0.836. The summed E-state index contributed by atoms with van der Waals surface area (Å²) in [7, 11) is 0. The minimum Gasteiger partial charge on any atom is -0.379 e. The molecule has 0 aromatic carbocycles. The molecule has 0 aromatic rings. The molecule has 3 nitrogen and oxygen atoms in total. The molecule has 1 saturated carbocycles. The van der Waals surface area contributed by atoms with Crippen molar-refractivity contribution < 1.29 is 4.74 Å². The van der Waals surface area contributed by atoms with Crippen LogP contribution in [0.2, 0.25) is 0 Å². The van der Waals surface area contributed by atoms with E-state index < -0.39 is 0 Å². The van der Waals surface area contributed by atoms with Gasteiger partial charge in [0.2, 0.25) is 0 Å². The molecule has 0 aromatic heterocycles. The lowest BCUT2D eigenvalue weighted by Crippen LogP contribution is -2.37. The molecule has 16 heavy (non-hydrogen) atoms. The van der Waals surface area contributed by atoms with Gasteiger partial charge in [-0.1, -0.05) is 12.8 Å². The number of nitrogens with one attached hydrogen (secondary N) is 1. The van der Waals surface area contributed by atoms with Gasteiger partial charge in [0, 0.05) is 19.1 Å². The van der Waals surface area contributed by atoms with Crippen LogP contribution in [0.25, 0.3) is 0 Å². The molecule has 1 N–H and O–H groups in total. The van der Waals surface area contributed by atoms with Crippen molar-refractivity contribution in [3.63, 3.8) is 0 Å². The monoisotopic (exact) mass is 226 g/mol. The summed E-state index contributed by atoms with van der Waals surface area (Å²) in [6, 6.07) is 0.836. The Bertz CT molecular complexity index is 175. The molecule has 0 radical (unpaired) electrons.